The lowest BCUT2D eigenvalue weighted by Gasteiger charge is -2.34. The van der Waals surface area contributed by atoms with Gasteiger partial charge in [0.1, 0.15) is 6.04 Å². The largest absolute Gasteiger partial charge is 0.390 e. The number of carbonyl (C=O) groups excluding carboxylic acids is 2. The van der Waals surface area contributed by atoms with Crippen LogP contribution in [-0.2, 0) is 27.8 Å². The zero-order chi connectivity index (χ0) is 34.3. The van der Waals surface area contributed by atoms with Crippen molar-refractivity contribution in [1.82, 2.24) is 24.4 Å². The second-order valence-corrected chi connectivity index (χ2v) is 15.7. The van der Waals surface area contributed by atoms with Crippen LogP contribution in [0.3, 0.4) is 0 Å². The number of thiazole rings is 1. The highest BCUT2D eigenvalue weighted by Gasteiger charge is 2.40. The van der Waals surface area contributed by atoms with Crippen LogP contribution >= 0.6 is 11.3 Å². The van der Waals surface area contributed by atoms with E-state index in [0.717, 1.165) is 16.3 Å². The van der Waals surface area contributed by atoms with Crippen molar-refractivity contribution in [3.8, 4) is 6.07 Å². The van der Waals surface area contributed by atoms with Gasteiger partial charge in [-0.05, 0) is 55.0 Å². The number of aryl methyl sites for hydroxylation is 1. The lowest BCUT2D eigenvalue weighted by atomic mass is 9.97. The van der Waals surface area contributed by atoms with E-state index in [9.17, 15) is 23.1 Å². The van der Waals surface area contributed by atoms with E-state index in [-0.39, 0.29) is 42.3 Å². The van der Waals surface area contributed by atoms with Crippen molar-refractivity contribution in [3.05, 3.63) is 81.8 Å². The highest BCUT2D eigenvalue weighted by atomic mass is 32.2. The van der Waals surface area contributed by atoms with Crippen molar-refractivity contribution < 1.29 is 23.1 Å². The zero-order valence-electron chi connectivity index (χ0n) is 27.5. The molecule has 11 nitrogen and oxygen atoms in total. The Morgan fingerprint density at radius 3 is 2.34 bits per heavy atom. The second kappa shape index (κ2) is 15.8. The van der Waals surface area contributed by atoms with E-state index in [4.69, 9.17) is 5.26 Å². The van der Waals surface area contributed by atoms with Gasteiger partial charge in [-0.2, -0.15) is 9.57 Å². The first-order valence-corrected chi connectivity index (χ1v) is 18.1. The molecule has 1 aliphatic heterocycles. The number of aliphatic hydroxyl groups is 1. The van der Waals surface area contributed by atoms with Gasteiger partial charge >= 0.3 is 6.03 Å². The summed E-state index contributed by atoms with van der Waals surface area (Å²) < 4.78 is 28.8. The standard InChI is InChI=1S/C34H44N6O5S2/c1-23(2)19-39(47(44,45)29-13-11-27(18-35)12-14-29)21-31(41)30(17-26-9-7-6-8-10-26)37-33(42)32(24(3)4)40-16-15-38(34(40)43)20-28-22-46-25(5)36-28/h6-14,22-24,30-32,41H,15-17,19-21H2,1-5H3,(H,37,42)/t30-,31-,32-/m0/s1. The van der Waals surface area contributed by atoms with Crippen LogP contribution in [-0.4, -0.2) is 88.9 Å². The van der Waals surface area contributed by atoms with Gasteiger partial charge in [-0.25, -0.2) is 18.2 Å². The van der Waals surface area contributed by atoms with Crippen LogP contribution in [0, 0.1) is 30.1 Å². The van der Waals surface area contributed by atoms with Gasteiger partial charge in [-0.3, -0.25) is 4.79 Å². The van der Waals surface area contributed by atoms with Crippen LogP contribution in [0.2, 0.25) is 0 Å². The SMILES string of the molecule is Cc1nc(CN2CCN([C@H](C(=O)N[C@@H](Cc3ccccc3)[C@@H](O)CN(CC(C)C)S(=O)(=O)c3ccc(C#N)cc3)C(C)C)C2=O)cs1. The molecule has 2 N–H and O–H groups in total. The van der Waals surface area contributed by atoms with Crippen molar-refractivity contribution in [2.24, 2.45) is 11.8 Å². The number of hydrogen-bond donors (Lipinski definition) is 2. The fourth-order valence-corrected chi connectivity index (χ4v) is 8.00. The predicted molar refractivity (Wildman–Crippen MR) is 181 cm³/mol. The molecule has 0 radical (unpaired) electrons. The molecule has 0 aliphatic carbocycles. The highest BCUT2D eigenvalue weighted by molar-refractivity contribution is 7.89. The third-order valence-electron chi connectivity index (χ3n) is 8.05. The molecular weight excluding hydrogens is 637 g/mol. The zero-order valence-corrected chi connectivity index (χ0v) is 29.2. The quantitative estimate of drug-likeness (QED) is 0.247. The molecule has 252 valence electrons. The summed E-state index contributed by atoms with van der Waals surface area (Å²) in [5.41, 5.74) is 1.99. The fraction of sp³-hybridized carbons (Fsp3) is 0.471. The summed E-state index contributed by atoms with van der Waals surface area (Å²) in [6.45, 7) is 10.5. The Hall–Kier alpha value is -3.83. The van der Waals surface area contributed by atoms with Gasteiger partial charge in [-0.1, -0.05) is 58.0 Å². The average molecular weight is 681 g/mol. The smallest absolute Gasteiger partial charge is 0.321 e. The van der Waals surface area contributed by atoms with Crippen LogP contribution in [0.4, 0.5) is 4.79 Å². The maximum absolute atomic E-state index is 14.0. The minimum absolute atomic E-state index is 0.0118. The summed E-state index contributed by atoms with van der Waals surface area (Å²) in [4.78, 5) is 35.3. The van der Waals surface area contributed by atoms with Gasteiger partial charge in [0.05, 0.1) is 45.9 Å². The van der Waals surface area contributed by atoms with Crippen LogP contribution in [0.5, 0.6) is 0 Å². The molecule has 3 aromatic rings. The van der Waals surface area contributed by atoms with Gasteiger partial charge in [0, 0.05) is 31.6 Å². The van der Waals surface area contributed by atoms with Gasteiger partial charge < -0.3 is 20.2 Å². The molecule has 0 bridgehead atoms. The lowest BCUT2D eigenvalue weighted by Crippen LogP contribution is -2.57. The van der Waals surface area contributed by atoms with Crippen LogP contribution in [0.25, 0.3) is 0 Å². The minimum Gasteiger partial charge on any atom is -0.390 e. The Morgan fingerprint density at radius 2 is 1.77 bits per heavy atom. The first-order valence-electron chi connectivity index (χ1n) is 15.8. The van der Waals surface area contributed by atoms with E-state index >= 15 is 0 Å². The van der Waals surface area contributed by atoms with E-state index in [0.29, 0.717) is 25.2 Å². The van der Waals surface area contributed by atoms with E-state index in [1.54, 1.807) is 9.80 Å². The number of aromatic nitrogens is 1. The monoisotopic (exact) mass is 680 g/mol. The molecule has 1 fully saturated rings. The number of nitriles is 1. The Balaban J connectivity index is 1.57. The first-order chi connectivity index (χ1) is 22.3. The molecule has 2 aromatic carbocycles. The fourth-order valence-electron chi connectivity index (χ4n) is 5.77. The maximum Gasteiger partial charge on any atom is 0.321 e. The van der Waals surface area contributed by atoms with E-state index in [1.165, 1.54) is 39.9 Å². The van der Waals surface area contributed by atoms with Gasteiger partial charge in [0.2, 0.25) is 15.9 Å². The molecule has 3 amide bonds. The number of urea groups is 1. The second-order valence-electron chi connectivity index (χ2n) is 12.7. The summed E-state index contributed by atoms with van der Waals surface area (Å²) in [7, 11) is -4.04. The molecule has 1 saturated heterocycles. The summed E-state index contributed by atoms with van der Waals surface area (Å²) in [5, 5.41) is 26.7. The van der Waals surface area contributed by atoms with Crippen LogP contribution < -0.4 is 5.32 Å². The van der Waals surface area contributed by atoms with Crippen molar-refractivity contribution >= 4 is 33.3 Å². The Labute approximate surface area is 281 Å². The number of hydrogen-bond acceptors (Lipinski definition) is 8. The topological polar surface area (TPSA) is 147 Å². The number of nitrogens with one attached hydrogen (secondary N) is 1. The average Bonchev–Trinajstić information content (AvgIpc) is 3.61. The molecule has 2 heterocycles. The molecule has 4 rings (SSSR count). The minimum atomic E-state index is -4.04. The van der Waals surface area contributed by atoms with Gasteiger partial charge in [0.25, 0.3) is 0 Å². The molecule has 3 atom stereocenters. The van der Waals surface area contributed by atoms with Crippen molar-refractivity contribution in [1.29, 1.82) is 5.26 Å². The van der Waals surface area contributed by atoms with E-state index in [2.05, 4.69) is 10.3 Å². The van der Waals surface area contributed by atoms with Crippen molar-refractivity contribution in [3.63, 3.8) is 0 Å². The Bertz CT molecular complexity index is 1650. The summed E-state index contributed by atoms with van der Waals surface area (Å²) in [6, 6.07) is 15.1. The number of carbonyl (C=O) groups is 2. The molecular formula is C34H44N6O5S2. The normalized spacial score (nSPS) is 15.7. The van der Waals surface area contributed by atoms with Gasteiger partial charge in [0.15, 0.2) is 0 Å². The Kier molecular flexibility index (Phi) is 12.1. The number of rotatable bonds is 15. The van der Waals surface area contributed by atoms with E-state index < -0.39 is 34.1 Å². The number of aliphatic hydroxyl groups excluding tert-OH is 1. The molecule has 1 aliphatic rings. The third-order valence-corrected chi connectivity index (χ3v) is 10.7. The summed E-state index contributed by atoms with van der Waals surface area (Å²) in [5.74, 6) is -0.700. The van der Waals surface area contributed by atoms with Crippen LogP contribution in [0.1, 0.15) is 49.5 Å². The lowest BCUT2D eigenvalue weighted by molar-refractivity contribution is -0.128. The molecule has 1 aromatic heterocycles. The third kappa shape index (κ3) is 9.16. The highest BCUT2D eigenvalue weighted by Crippen LogP contribution is 2.23. The van der Waals surface area contributed by atoms with Crippen molar-refractivity contribution in [2.75, 3.05) is 26.2 Å². The molecule has 47 heavy (non-hydrogen) atoms. The van der Waals surface area contributed by atoms with Crippen LogP contribution in [0.15, 0.2) is 64.9 Å². The first kappa shape index (κ1) is 36.0. The van der Waals surface area contributed by atoms with Crippen molar-refractivity contribution in [2.45, 2.75) is 70.7 Å². The molecule has 0 saturated carbocycles. The number of nitrogens with zero attached hydrogens (tertiary/aromatic N) is 5. The van der Waals surface area contributed by atoms with E-state index in [1.807, 2.05) is 76.4 Å². The number of sulfonamides is 1. The van der Waals surface area contributed by atoms with Gasteiger partial charge in [-0.15, -0.1) is 11.3 Å². The Morgan fingerprint density at radius 1 is 1.09 bits per heavy atom. The number of benzene rings is 2. The number of amides is 3. The molecule has 0 unspecified atom stereocenters. The molecule has 13 heteroatoms. The molecule has 0 spiro atoms. The summed E-state index contributed by atoms with van der Waals surface area (Å²) in [6.07, 6.45) is -1.04. The predicted octanol–water partition coefficient (Wildman–Crippen LogP) is 4.02. The maximum atomic E-state index is 14.0. The summed E-state index contributed by atoms with van der Waals surface area (Å²) >= 11 is 1.52.